The number of nitrogens with one attached hydrogen (secondary N) is 1. The van der Waals surface area contributed by atoms with Crippen LogP contribution in [0.15, 0.2) is 0 Å². The number of hydrogen-bond acceptors (Lipinski definition) is 3. The molecule has 0 radical (unpaired) electrons. The van der Waals surface area contributed by atoms with Gasteiger partial charge < -0.3 is 0 Å². The quantitative estimate of drug-likeness (QED) is 0.710. The molecule has 1 N–H and O–H groups in total. The van der Waals surface area contributed by atoms with Crippen molar-refractivity contribution in [1.29, 1.82) is 0 Å². The van der Waals surface area contributed by atoms with E-state index in [4.69, 9.17) is 0 Å². The van der Waals surface area contributed by atoms with E-state index in [9.17, 15) is 8.42 Å². The summed E-state index contributed by atoms with van der Waals surface area (Å²) in [7, 11) is -2.97. The van der Waals surface area contributed by atoms with Crippen LogP contribution in [0.4, 0.5) is 0 Å². The normalized spacial score (nSPS) is 25.7. The van der Waals surface area contributed by atoms with Gasteiger partial charge in [0, 0.05) is 11.8 Å². The Morgan fingerprint density at radius 3 is 2.82 bits per heavy atom. The fourth-order valence-corrected chi connectivity index (χ4v) is 3.10. The molecule has 0 aromatic heterocycles. The fourth-order valence-electron chi connectivity index (χ4n) is 0.965. The van der Waals surface area contributed by atoms with E-state index in [-0.39, 0.29) is 11.8 Å². The monoisotopic (exact) mass is 195 g/mol. The summed E-state index contributed by atoms with van der Waals surface area (Å²) in [6.07, 6.45) is 0.976. The summed E-state index contributed by atoms with van der Waals surface area (Å²) in [6.45, 7) is 1.66. The van der Waals surface area contributed by atoms with E-state index in [1.165, 1.54) is 0 Å². The fraction of sp³-hybridized carbons (Fsp3) is 1.00. The van der Waals surface area contributed by atoms with E-state index in [2.05, 4.69) is 4.72 Å². The highest BCUT2D eigenvalue weighted by atomic mass is 32.2. The molecule has 1 rings (SSSR count). The van der Waals surface area contributed by atoms with Gasteiger partial charge in [-0.1, -0.05) is 0 Å². The van der Waals surface area contributed by atoms with Gasteiger partial charge in [-0.15, -0.1) is 0 Å². The van der Waals surface area contributed by atoms with Gasteiger partial charge in [0.05, 0.1) is 5.75 Å². The van der Waals surface area contributed by atoms with Crippen molar-refractivity contribution in [2.75, 3.05) is 17.3 Å². The molecule has 0 bridgehead atoms. The molecular formula is C6H13NO2S2. The van der Waals surface area contributed by atoms with Crippen molar-refractivity contribution in [3.8, 4) is 0 Å². The first-order valence-corrected chi connectivity index (χ1v) is 6.52. The van der Waals surface area contributed by atoms with Crippen molar-refractivity contribution < 1.29 is 8.42 Å². The highest BCUT2D eigenvalue weighted by Gasteiger charge is 2.19. The summed E-state index contributed by atoms with van der Waals surface area (Å²) < 4.78 is 24.7. The van der Waals surface area contributed by atoms with Crippen LogP contribution in [0.2, 0.25) is 0 Å². The zero-order chi connectivity index (χ0) is 8.32. The standard InChI is InChI=1S/C6H13NO2S2/c1-2-11(8,9)7-6-3-4-10-5-6/h6-7H,2-5H2,1H3. The minimum atomic E-state index is -2.97. The van der Waals surface area contributed by atoms with Crippen LogP contribution in [0, 0.1) is 0 Å². The molecular weight excluding hydrogens is 182 g/mol. The first-order valence-electron chi connectivity index (χ1n) is 3.72. The van der Waals surface area contributed by atoms with Crippen molar-refractivity contribution in [2.45, 2.75) is 19.4 Å². The van der Waals surface area contributed by atoms with Crippen LogP contribution < -0.4 is 4.72 Å². The highest BCUT2D eigenvalue weighted by Crippen LogP contribution is 2.17. The summed E-state index contributed by atoms with van der Waals surface area (Å²) in [6, 6.07) is 0.185. The lowest BCUT2D eigenvalue weighted by Crippen LogP contribution is -2.35. The molecule has 5 heteroatoms. The van der Waals surface area contributed by atoms with Gasteiger partial charge in [0.2, 0.25) is 10.0 Å². The average molecular weight is 195 g/mol. The maximum atomic E-state index is 11.0. The lowest BCUT2D eigenvalue weighted by molar-refractivity contribution is 0.564. The molecule has 1 aliphatic heterocycles. The maximum absolute atomic E-state index is 11.0. The van der Waals surface area contributed by atoms with E-state index >= 15 is 0 Å². The van der Waals surface area contributed by atoms with Crippen LogP contribution in [0.1, 0.15) is 13.3 Å². The van der Waals surface area contributed by atoms with Crippen LogP contribution in [-0.4, -0.2) is 31.7 Å². The Morgan fingerprint density at radius 1 is 1.64 bits per heavy atom. The first-order chi connectivity index (χ1) is 5.14. The summed E-state index contributed by atoms with van der Waals surface area (Å²) in [4.78, 5) is 0. The Balaban J connectivity index is 2.41. The summed E-state index contributed by atoms with van der Waals surface area (Å²) in [5.41, 5.74) is 0. The Hall–Kier alpha value is 0.260. The largest absolute Gasteiger partial charge is 0.212 e. The Kier molecular flexibility index (Phi) is 3.21. The third-order valence-corrected chi connectivity index (χ3v) is 4.27. The van der Waals surface area contributed by atoms with Gasteiger partial charge in [0.1, 0.15) is 0 Å². The van der Waals surface area contributed by atoms with Crippen LogP contribution in [0.25, 0.3) is 0 Å². The lowest BCUT2D eigenvalue weighted by Gasteiger charge is -2.09. The molecule has 11 heavy (non-hydrogen) atoms. The van der Waals surface area contributed by atoms with E-state index in [1.54, 1.807) is 18.7 Å². The topological polar surface area (TPSA) is 46.2 Å². The molecule has 1 aliphatic rings. The third kappa shape index (κ3) is 3.01. The van der Waals surface area contributed by atoms with Crippen LogP contribution in [-0.2, 0) is 10.0 Å². The van der Waals surface area contributed by atoms with Gasteiger partial charge in [-0.25, -0.2) is 13.1 Å². The Labute approximate surface area is 72.0 Å². The van der Waals surface area contributed by atoms with Gasteiger partial charge in [-0.05, 0) is 19.1 Å². The molecule has 0 aromatic carbocycles. The predicted molar refractivity (Wildman–Crippen MR) is 48.3 cm³/mol. The van der Waals surface area contributed by atoms with Gasteiger partial charge in [0.25, 0.3) is 0 Å². The molecule has 66 valence electrons. The third-order valence-electron chi connectivity index (χ3n) is 1.66. The molecule has 1 saturated heterocycles. The second kappa shape index (κ2) is 3.78. The molecule has 1 unspecified atom stereocenters. The zero-order valence-corrected chi connectivity index (χ0v) is 8.17. The number of rotatable bonds is 3. The lowest BCUT2D eigenvalue weighted by atomic mass is 10.3. The van der Waals surface area contributed by atoms with E-state index in [0.717, 1.165) is 17.9 Å². The van der Waals surface area contributed by atoms with Crippen molar-refractivity contribution >= 4 is 21.8 Å². The number of hydrogen-bond donors (Lipinski definition) is 1. The van der Waals surface area contributed by atoms with Crippen LogP contribution in [0.5, 0.6) is 0 Å². The highest BCUT2D eigenvalue weighted by molar-refractivity contribution is 7.99. The molecule has 0 aliphatic carbocycles. The molecule has 1 heterocycles. The first kappa shape index (κ1) is 9.35. The van der Waals surface area contributed by atoms with Gasteiger partial charge in [-0.2, -0.15) is 11.8 Å². The predicted octanol–water partition coefficient (Wildman–Crippen LogP) is 0.431. The summed E-state index contributed by atoms with van der Waals surface area (Å²) >= 11 is 1.81. The van der Waals surface area contributed by atoms with E-state index in [1.807, 2.05) is 0 Å². The summed E-state index contributed by atoms with van der Waals surface area (Å²) in [5.74, 6) is 2.20. The van der Waals surface area contributed by atoms with Crippen LogP contribution >= 0.6 is 11.8 Å². The second-order valence-corrected chi connectivity index (χ2v) is 5.77. The van der Waals surface area contributed by atoms with Crippen molar-refractivity contribution in [1.82, 2.24) is 4.72 Å². The van der Waals surface area contributed by atoms with Gasteiger partial charge in [-0.3, -0.25) is 0 Å². The minimum Gasteiger partial charge on any atom is -0.212 e. The van der Waals surface area contributed by atoms with E-state index in [0.29, 0.717) is 0 Å². The van der Waals surface area contributed by atoms with Crippen molar-refractivity contribution in [2.24, 2.45) is 0 Å². The average Bonchev–Trinajstić information content (AvgIpc) is 2.39. The number of thioether (sulfide) groups is 1. The second-order valence-electron chi connectivity index (χ2n) is 2.58. The zero-order valence-electron chi connectivity index (χ0n) is 6.54. The molecule has 1 atom stereocenters. The Morgan fingerprint density at radius 2 is 2.36 bits per heavy atom. The molecule has 3 nitrogen and oxygen atoms in total. The van der Waals surface area contributed by atoms with Crippen LogP contribution in [0.3, 0.4) is 0 Å². The molecule has 0 spiro atoms. The molecule has 0 aromatic rings. The molecule has 0 saturated carbocycles. The molecule has 1 fully saturated rings. The van der Waals surface area contributed by atoms with Crippen molar-refractivity contribution in [3.05, 3.63) is 0 Å². The van der Waals surface area contributed by atoms with E-state index < -0.39 is 10.0 Å². The SMILES string of the molecule is CCS(=O)(=O)NC1CCSC1. The summed E-state index contributed by atoms with van der Waals surface area (Å²) in [5, 5.41) is 0. The molecule has 0 amide bonds. The Bertz CT molecular complexity index is 207. The maximum Gasteiger partial charge on any atom is 0.211 e. The number of sulfonamides is 1. The van der Waals surface area contributed by atoms with Gasteiger partial charge in [0.15, 0.2) is 0 Å². The smallest absolute Gasteiger partial charge is 0.211 e. The minimum absolute atomic E-state index is 0.185. The van der Waals surface area contributed by atoms with Crippen molar-refractivity contribution in [3.63, 3.8) is 0 Å². The van der Waals surface area contributed by atoms with Gasteiger partial charge >= 0.3 is 0 Å².